The number of anilines is 1. The maximum atomic E-state index is 14.5. The van der Waals surface area contributed by atoms with Crippen molar-refractivity contribution < 1.29 is 62.2 Å². The van der Waals surface area contributed by atoms with E-state index in [-0.39, 0.29) is 110 Å². The summed E-state index contributed by atoms with van der Waals surface area (Å²) in [6, 6.07) is -0.582. The summed E-state index contributed by atoms with van der Waals surface area (Å²) in [6.07, 6.45) is 1.06. The largest absolute Gasteiger partial charge is 0.379 e. The van der Waals surface area contributed by atoms with Crippen molar-refractivity contribution in [3.8, 4) is 0 Å². The van der Waals surface area contributed by atoms with Crippen molar-refractivity contribution in [2.75, 3.05) is 66.9 Å². The first kappa shape index (κ1) is 81.6. The molecule has 2 saturated heterocycles. The number of nitrogens with zero attached hydrogens (tertiary/aromatic N) is 7. The number of likely N-dealkylation sites (N-methyl/N-ethyl adjacent to an activating group) is 2. The molecule has 1 aromatic rings. The molecule has 2 fully saturated rings. The number of methoxy groups -OCH3 is 2. The second kappa shape index (κ2) is 40.1. The Labute approximate surface area is 561 Å². The summed E-state index contributed by atoms with van der Waals surface area (Å²) >= 11 is 0. The Balaban J connectivity index is 1.69. The van der Waals surface area contributed by atoms with E-state index in [1.54, 1.807) is 66.8 Å². The van der Waals surface area contributed by atoms with Gasteiger partial charge in [-0.25, -0.2) is 4.79 Å². The molecule has 29 nitrogen and oxygen atoms in total. The van der Waals surface area contributed by atoms with Gasteiger partial charge in [0, 0.05) is 88.9 Å². The second-order valence-electron chi connectivity index (χ2n) is 27.0. The number of azide groups is 1. The molecule has 534 valence electrons. The number of primary amides is 1. The highest BCUT2D eigenvalue weighted by Crippen LogP contribution is 2.31. The van der Waals surface area contributed by atoms with Crippen molar-refractivity contribution in [1.29, 1.82) is 0 Å². The summed E-state index contributed by atoms with van der Waals surface area (Å²) in [4.78, 5) is 158. The van der Waals surface area contributed by atoms with E-state index in [0.717, 1.165) is 0 Å². The van der Waals surface area contributed by atoms with Crippen molar-refractivity contribution in [1.82, 2.24) is 56.8 Å². The van der Waals surface area contributed by atoms with E-state index in [9.17, 15) is 58.3 Å². The van der Waals surface area contributed by atoms with Gasteiger partial charge in [-0.15, -0.1) is 0 Å². The number of likely N-dealkylation sites (tertiary alicyclic amines) is 2. The minimum Gasteiger partial charge on any atom is -0.379 e. The Morgan fingerprint density at radius 2 is 1.36 bits per heavy atom. The number of piperidine rings is 1. The lowest BCUT2D eigenvalue weighted by molar-refractivity contribution is -0.148. The number of ether oxygens (including phenoxy) is 2. The lowest BCUT2D eigenvalue weighted by Gasteiger charge is -2.41. The highest BCUT2D eigenvalue weighted by atomic mass is 16.5. The van der Waals surface area contributed by atoms with Crippen LogP contribution in [0.1, 0.15) is 153 Å². The molecule has 12 amide bonds. The van der Waals surface area contributed by atoms with Gasteiger partial charge in [-0.3, -0.25) is 52.8 Å². The van der Waals surface area contributed by atoms with Crippen LogP contribution in [0.5, 0.6) is 0 Å². The Hall–Kier alpha value is -7.62. The van der Waals surface area contributed by atoms with Gasteiger partial charge in [-0.05, 0) is 120 Å². The molecule has 3 rings (SSSR count). The third-order valence-corrected chi connectivity index (χ3v) is 18.0. The van der Waals surface area contributed by atoms with Crippen LogP contribution in [0.4, 0.5) is 10.5 Å². The van der Waals surface area contributed by atoms with E-state index < -0.39 is 108 Å². The fourth-order valence-electron chi connectivity index (χ4n) is 12.7. The normalized spacial score (nSPS) is 18.8. The van der Waals surface area contributed by atoms with Gasteiger partial charge in [0.05, 0.1) is 49.2 Å². The Kier molecular flexibility index (Phi) is 34.4. The fraction of sp³-hybridized carbons (Fsp3) is 0.742. The SMILES string of the molecule is CC[C@H](C)[C@@H]([C@@H](CC(=O)N1CCC[C@H]1[C@H](OC)[C@@H](C)C(=O)N[C@@H](CN=[N+]=[N-])C(=O)NCc1ccc(NC(=O)[C@H](CCCNC(N)=O)NC(=O)[C@@H](NC(=O)CCC(=O)N2CCC(C(=O)NC(C)C)CC2C)C(C)C)cc1)OC)N(C)C(=O)[C@@H](NC(=O)[C@H](C(C)C)N(C)C)C(C)C. The summed E-state index contributed by atoms with van der Waals surface area (Å²) in [5.74, 6) is -6.18. The highest BCUT2D eigenvalue weighted by molar-refractivity contribution is 5.99. The van der Waals surface area contributed by atoms with E-state index in [4.69, 9.17) is 15.2 Å². The molecule has 0 spiro atoms. The quantitative estimate of drug-likeness (QED) is 0.0197. The van der Waals surface area contributed by atoms with Gasteiger partial charge >= 0.3 is 6.03 Å². The number of nitrogens with one attached hydrogen (secondary N) is 8. The molecule has 2 aliphatic heterocycles. The van der Waals surface area contributed by atoms with E-state index in [2.05, 4.69) is 52.6 Å². The minimum absolute atomic E-state index is 0.00221. The number of nitrogens with two attached hydrogens (primary N) is 1. The minimum atomic E-state index is -1.32. The molecule has 0 aromatic heterocycles. The fourth-order valence-corrected chi connectivity index (χ4v) is 12.7. The lowest BCUT2D eigenvalue weighted by atomic mass is 9.89. The highest BCUT2D eigenvalue weighted by Gasteiger charge is 2.44. The van der Waals surface area contributed by atoms with Crippen LogP contribution in [0.25, 0.3) is 10.4 Å². The van der Waals surface area contributed by atoms with Gasteiger partial charge in [0.1, 0.15) is 24.2 Å². The van der Waals surface area contributed by atoms with E-state index in [1.807, 2.05) is 81.3 Å². The molecular weight excluding hydrogens is 1220 g/mol. The Bertz CT molecular complexity index is 2770. The molecular formula is C66H112N16O13. The maximum Gasteiger partial charge on any atom is 0.312 e. The topological polar surface area (TPSA) is 390 Å². The molecule has 0 bridgehead atoms. The van der Waals surface area contributed by atoms with Crippen LogP contribution in [0.15, 0.2) is 29.4 Å². The van der Waals surface area contributed by atoms with Crippen LogP contribution >= 0.6 is 0 Å². The number of carbonyl (C=O) groups is 11. The smallest absolute Gasteiger partial charge is 0.312 e. The molecule has 2 unspecified atom stereocenters. The Morgan fingerprint density at radius 1 is 0.716 bits per heavy atom. The number of urea groups is 1. The number of hydrogen-bond acceptors (Lipinski definition) is 15. The van der Waals surface area contributed by atoms with Gasteiger partial charge < -0.3 is 72.4 Å². The van der Waals surface area contributed by atoms with Crippen molar-refractivity contribution >= 4 is 70.8 Å². The molecule has 2 heterocycles. The van der Waals surface area contributed by atoms with Crippen molar-refractivity contribution in [3.63, 3.8) is 0 Å². The number of amides is 12. The van der Waals surface area contributed by atoms with E-state index in [0.29, 0.717) is 56.4 Å². The predicted molar refractivity (Wildman–Crippen MR) is 360 cm³/mol. The van der Waals surface area contributed by atoms with Crippen LogP contribution in [0, 0.1) is 35.5 Å². The molecule has 1 aromatic carbocycles. The second-order valence-corrected chi connectivity index (χ2v) is 27.0. The first-order valence-electron chi connectivity index (χ1n) is 33.5. The van der Waals surface area contributed by atoms with E-state index >= 15 is 0 Å². The van der Waals surface area contributed by atoms with E-state index in [1.165, 1.54) is 14.2 Å². The molecule has 10 N–H and O–H groups in total. The predicted octanol–water partition coefficient (Wildman–Crippen LogP) is 3.69. The van der Waals surface area contributed by atoms with Crippen LogP contribution in [-0.2, 0) is 64.0 Å². The third kappa shape index (κ3) is 25.1. The maximum absolute atomic E-state index is 14.5. The number of hydrogen-bond donors (Lipinski definition) is 9. The number of carbonyl (C=O) groups excluding carboxylic acids is 11. The van der Waals surface area contributed by atoms with Gasteiger partial charge in [0.15, 0.2) is 0 Å². The average Bonchev–Trinajstić information content (AvgIpc) is 1.81. The van der Waals surface area contributed by atoms with Gasteiger partial charge in [-0.1, -0.05) is 86.0 Å². The van der Waals surface area contributed by atoms with Crippen molar-refractivity contribution in [3.05, 3.63) is 40.3 Å². The summed E-state index contributed by atoms with van der Waals surface area (Å²) in [7, 11) is 8.26. The molecule has 0 aliphatic carbocycles. The zero-order valence-electron chi connectivity index (χ0n) is 59.2. The Morgan fingerprint density at radius 3 is 1.91 bits per heavy atom. The van der Waals surface area contributed by atoms with Crippen molar-refractivity contribution in [2.45, 2.75) is 220 Å². The first-order valence-corrected chi connectivity index (χ1v) is 33.5. The van der Waals surface area contributed by atoms with Gasteiger partial charge in [0.25, 0.3) is 0 Å². The van der Waals surface area contributed by atoms with Gasteiger partial charge in [-0.2, -0.15) is 0 Å². The van der Waals surface area contributed by atoms with Gasteiger partial charge in [0.2, 0.25) is 59.1 Å². The third-order valence-electron chi connectivity index (χ3n) is 18.0. The van der Waals surface area contributed by atoms with Crippen LogP contribution in [-0.4, -0.2) is 213 Å². The first-order chi connectivity index (χ1) is 44.7. The average molecular weight is 1340 g/mol. The van der Waals surface area contributed by atoms with Crippen LogP contribution < -0.4 is 48.3 Å². The molecule has 95 heavy (non-hydrogen) atoms. The summed E-state index contributed by atoms with van der Waals surface area (Å²) in [5.41, 5.74) is 15.4. The molecule has 0 saturated carbocycles. The number of benzene rings is 1. The molecule has 29 heteroatoms. The molecule has 13 atom stereocenters. The zero-order chi connectivity index (χ0) is 71.6. The lowest BCUT2D eigenvalue weighted by Crippen LogP contribution is -2.59. The molecule has 0 radical (unpaired) electrons. The van der Waals surface area contributed by atoms with Crippen molar-refractivity contribution in [2.24, 2.45) is 46.4 Å². The van der Waals surface area contributed by atoms with Crippen LogP contribution in [0.3, 0.4) is 0 Å². The van der Waals surface area contributed by atoms with Crippen LogP contribution in [0.2, 0.25) is 0 Å². The number of rotatable bonds is 38. The molecule has 2 aliphatic rings. The standard InChI is InChI=1S/C66H112N16O13/c1-18-41(10)57(80(15)65(92)55(38(4)5)77-64(91)56(39(6)7)79(13)14)50(94-16)34-53(85)82-31-20-22-49(82)58(95-17)43(12)59(86)75-48(36-71-78-68)61(88)70-35-44-23-25-46(26-24-44)73-62(89)47(21-19-30-69-66(67)93)74-63(90)54(37(2)3)76-51(83)27-28-52(84)81-32-29-45(33-42(81)11)60(87)72-40(8)9/h23-26,37-43,45,47-50,54-58H,18-22,27-36H2,1-17H3,(H,70,88)(H,72,87)(H,73,89)(H,74,90)(H,75,86)(H,76,83)(H,77,91)(H3,67,69,93)/t41-,42?,43+,45?,47-,48-,49-,50+,54-,55-,56-,57-,58+/m0/s1. The summed E-state index contributed by atoms with van der Waals surface area (Å²) in [6.45, 7) is 22.7. The zero-order valence-corrected chi connectivity index (χ0v) is 59.2. The summed E-state index contributed by atoms with van der Waals surface area (Å²) < 4.78 is 12.0. The summed E-state index contributed by atoms with van der Waals surface area (Å²) in [5, 5.41) is 25.7. The monoisotopic (exact) mass is 1340 g/mol.